The normalized spacial score (nSPS) is 11.8. The predicted octanol–water partition coefficient (Wildman–Crippen LogP) is 2.89. The number of aromatic nitrogens is 2. The van der Waals surface area contributed by atoms with Crippen molar-refractivity contribution in [2.45, 2.75) is 0 Å². The maximum Gasteiger partial charge on any atom is 0.274 e. The summed E-state index contributed by atoms with van der Waals surface area (Å²) in [5.41, 5.74) is 2.08. The number of benzene rings is 2. The SMILES string of the molecule is COc1ccc(/C=c2\sc3nc(-c4ccc([N+](=O)[O-])cc4)cn3c2=O)cc1. The van der Waals surface area contributed by atoms with Gasteiger partial charge in [0.05, 0.1) is 22.3 Å². The summed E-state index contributed by atoms with van der Waals surface area (Å²) >= 11 is 1.30. The molecule has 0 saturated heterocycles. The topological polar surface area (TPSA) is 86.7 Å². The van der Waals surface area contributed by atoms with Gasteiger partial charge in [-0.05, 0) is 35.9 Å². The Labute approximate surface area is 156 Å². The van der Waals surface area contributed by atoms with E-state index in [9.17, 15) is 14.9 Å². The molecule has 0 aliphatic rings. The lowest BCUT2D eigenvalue weighted by Gasteiger charge is -1.98. The second-order valence-corrected chi connectivity index (χ2v) is 6.78. The molecule has 2 aromatic heterocycles. The number of ether oxygens (including phenoxy) is 1. The first-order valence-corrected chi connectivity index (χ1v) is 8.79. The summed E-state index contributed by atoms with van der Waals surface area (Å²) in [6.07, 6.45) is 3.47. The lowest BCUT2D eigenvalue weighted by Crippen LogP contribution is -2.22. The second-order valence-electron chi connectivity index (χ2n) is 5.77. The number of non-ortho nitro benzene ring substituents is 1. The van der Waals surface area contributed by atoms with E-state index in [2.05, 4.69) is 4.98 Å². The van der Waals surface area contributed by atoms with Crippen LogP contribution >= 0.6 is 11.3 Å². The molecule has 8 heteroatoms. The molecule has 2 heterocycles. The number of nitro benzene ring substituents is 1. The summed E-state index contributed by atoms with van der Waals surface area (Å²) in [4.78, 5) is 28.0. The number of methoxy groups -OCH3 is 1. The Bertz CT molecular complexity index is 1240. The second kappa shape index (κ2) is 6.65. The molecule has 0 aliphatic heterocycles. The average molecular weight is 379 g/mol. The van der Waals surface area contributed by atoms with Crippen molar-refractivity contribution in [3.8, 4) is 17.0 Å². The van der Waals surface area contributed by atoms with E-state index in [1.165, 1.54) is 27.9 Å². The number of rotatable bonds is 4. The van der Waals surface area contributed by atoms with Gasteiger partial charge >= 0.3 is 0 Å². The quantitative estimate of drug-likeness (QED) is 0.402. The molecular weight excluding hydrogens is 366 g/mol. The van der Waals surface area contributed by atoms with Crippen LogP contribution < -0.4 is 14.8 Å². The van der Waals surface area contributed by atoms with Crippen LogP contribution in [0.1, 0.15) is 5.56 Å². The zero-order valence-electron chi connectivity index (χ0n) is 14.2. The largest absolute Gasteiger partial charge is 0.497 e. The Kier molecular flexibility index (Phi) is 4.17. The van der Waals surface area contributed by atoms with Crippen molar-refractivity contribution in [3.05, 3.63) is 85.3 Å². The van der Waals surface area contributed by atoms with Gasteiger partial charge in [0.15, 0.2) is 4.96 Å². The van der Waals surface area contributed by atoms with Crippen LogP contribution in [0, 0.1) is 10.1 Å². The first kappa shape index (κ1) is 16.9. The molecule has 0 spiro atoms. The third-order valence-corrected chi connectivity index (χ3v) is 5.07. The molecule has 0 unspecified atom stereocenters. The number of thiazole rings is 1. The van der Waals surface area contributed by atoms with Crippen LogP contribution in [0.15, 0.2) is 59.5 Å². The summed E-state index contributed by atoms with van der Waals surface area (Å²) in [5, 5.41) is 10.8. The highest BCUT2D eigenvalue weighted by molar-refractivity contribution is 7.15. The monoisotopic (exact) mass is 379 g/mol. The standard InChI is InChI=1S/C19H13N3O4S/c1-26-15-8-2-12(3-9-15)10-17-18(23)21-11-16(20-19(21)27-17)13-4-6-14(7-5-13)22(24)25/h2-11H,1H3/b17-10-. The van der Waals surface area contributed by atoms with Gasteiger partial charge in [-0.3, -0.25) is 19.3 Å². The average Bonchev–Trinajstić information content (AvgIpc) is 3.22. The van der Waals surface area contributed by atoms with E-state index in [0.29, 0.717) is 15.2 Å². The molecule has 4 aromatic rings. The van der Waals surface area contributed by atoms with E-state index in [0.717, 1.165) is 16.9 Å². The molecule has 7 nitrogen and oxygen atoms in total. The van der Waals surface area contributed by atoms with Crippen molar-refractivity contribution in [1.29, 1.82) is 0 Å². The molecule has 0 radical (unpaired) electrons. The van der Waals surface area contributed by atoms with E-state index in [-0.39, 0.29) is 11.2 Å². The summed E-state index contributed by atoms with van der Waals surface area (Å²) in [5.74, 6) is 0.753. The highest BCUT2D eigenvalue weighted by Gasteiger charge is 2.11. The molecule has 0 fully saturated rings. The van der Waals surface area contributed by atoms with Crippen molar-refractivity contribution in [1.82, 2.24) is 9.38 Å². The molecule has 27 heavy (non-hydrogen) atoms. The number of hydrogen-bond donors (Lipinski definition) is 0. The van der Waals surface area contributed by atoms with Crippen LogP contribution in [0.25, 0.3) is 22.3 Å². The van der Waals surface area contributed by atoms with Crippen molar-refractivity contribution in [2.24, 2.45) is 0 Å². The smallest absolute Gasteiger partial charge is 0.274 e. The van der Waals surface area contributed by atoms with E-state index >= 15 is 0 Å². The van der Waals surface area contributed by atoms with Gasteiger partial charge in [0.1, 0.15) is 5.75 Å². The van der Waals surface area contributed by atoms with Crippen LogP contribution in [-0.2, 0) is 0 Å². The summed E-state index contributed by atoms with van der Waals surface area (Å²) in [7, 11) is 1.60. The maximum atomic E-state index is 12.6. The van der Waals surface area contributed by atoms with Gasteiger partial charge in [-0.2, -0.15) is 0 Å². The predicted molar refractivity (Wildman–Crippen MR) is 103 cm³/mol. The number of nitrogens with zero attached hydrogens (tertiary/aromatic N) is 3. The fourth-order valence-corrected chi connectivity index (χ4v) is 3.63. The lowest BCUT2D eigenvalue weighted by atomic mass is 10.1. The number of imidazole rings is 1. The minimum atomic E-state index is -0.452. The van der Waals surface area contributed by atoms with E-state index < -0.39 is 4.92 Å². The van der Waals surface area contributed by atoms with E-state index in [1.807, 2.05) is 30.3 Å². The molecule has 4 rings (SSSR count). The van der Waals surface area contributed by atoms with Crippen LogP contribution in [-0.4, -0.2) is 21.4 Å². The molecule has 0 saturated carbocycles. The first-order valence-electron chi connectivity index (χ1n) is 7.97. The van der Waals surface area contributed by atoms with Crippen LogP contribution in [0.5, 0.6) is 5.75 Å². The number of nitro groups is 1. The van der Waals surface area contributed by atoms with Crippen LogP contribution in [0.2, 0.25) is 0 Å². The molecular formula is C19H13N3O4S. The van der Waals surface area contributed by atoms with Gasteiger partial charge in [-0.15, -0.1) is 0 Å². The maximum absolute atomic E-state index is 12.6. The molecule has 0 amide bonds. The Balaban J connectivity index is 1.71. The first-order chi connectivity index (χ1) is 13.0. The van der Waals surface area contributed by atoms with Gasteiger partial charge in [0.2, 0.25) is 0 Å². The van der Waals surface area contributed by atoms with Crippen LogP contribution in [0.4, 0.5) is 5.69 Å². The van der Waals surface area contributed by atoms with Gasteiger partial charge in [0.25, 0.3) is 11.2 Å². The minimum Gasteiger partial charge on any atom is -0.497 e. The Hall–Kier alpha value is -3.52. The van der Waals surface area contributed by atoms with Crippen molar-refractivity contribution in [3.63, 3.8) is 0 Å². The fraction of sp³-hybridized carbons (Fsp3) is 0.0526. The molecule has 134 valence electrons. The van der Waals surface area contributed by atoms with Crippen LogP contribution in [0.3, 0.4) is 0 Å². The van der Waals surface area contributed by atoms with E-state index in [4.69, 9.17) is 4.74 Å². The zero-order chi connectivity index (χ0) is 19.0. The molecule has 2 aromatic carbocycles. The molecule has 0 bridgehead atoms. The summed E-state index contributed by atoms with van der Waals surface area (Å²) in [6.45, 7) is 0. The molecule has 0 N–H and O–H groups in total. The number of hydrogen-bond acceptors (Lipinski definition) is 6. The highest BCUT2D eigenvalue weighted by Crippen LogP contribution is 2.22. The van der Waals surface area contributed by atoms with Crippen molar-refractivity contribution < 1.29 is 9.66 Å². The van der Waals surface area contributed by atoms with E-state index in [1.54, 1.807) is 25.4 Å². The Morgan fingerprint density at radius 2 is 1.85 bits per heavy atom. The third-order valence-electron chi connectivity index (χ3n) is 4.09. The van der Waals surface area contributed by atoms with Gasteiger partial charge in [-0.25, -0.2) is 4.98 Å². The molecule has 0 aliphatic carbocycles. The Morgan fingerprint density at radius 3 is 2.44 bits per heavy atom. The van der Waals surface area contributed by atoms with Crippen molar-refractivity contribution in [2.75, 3.05) is 7.11 Å². The summed E-state index contributed by atoms with van der Waals surface area (Å²) < 4.78 is 7.21. The highest BCUT2D eigenvalue weighted by atomic mass is 32.1. The Morgan fingerprint density at radius 1 is 1.15 bits per heavy atom. The van der Waals surface area contributed by atoms with Gasteiger partial charge in [0, 0.05) is 23.9 Å². The van der Waals surface area contributed by atoms with Crippen molar-refractivity contribution >= 4 is 28.1 Å². The minimum absolute atomic E-state index is 0.0145. The summed E-state index contributed by atoms with van der Waals surface area (Å²) in [6, 6.07) is 13.5. The van der Waals surface area contributed by atoms with Gasteiger partial charge < -0.3 is 4.74 Å². The molecule has 0 atom stereocenters. The zero-order valence-corrected chi connectivity index (χ0v) is 15.0. The third kappa shape index (κ3) is 3.18. The number of fused-ring (bicyclic) bond motifs is 1. The lowest BCUT2D eigenvalue weighted by molar-refractivity contribution is -0.384. The van der Waals surface area contributed by atoms with Gasteiger partial charge in [-0.1, -0.05) is 23.5 Å². The fourth-order valence-electron chi connectivity index (χ4n) is 2.68.